The number of benzene rings is 1. The van der Waals surface area contributed by atoms with Crippen LogP contribution in [0.2, 0.25) is 0 Å². The third-order valence-electron chi connectivity index (χ3n) is 5.85. The first-order valence-corrected chi connectivity index (χ1v) is 12.9. The number of hydrogen-bond donors (Lipinski definition) is 2. The predicted octanol–water partition coefficient (Wildman–Crippen LogP) is 3.79. The van der Waals surface area contributed by atoms with Crippen LogP contribution in [0, 0.1) is 29.6 Å². The summed E-state index contributed by atoms with van der Waals surface area (Å²) in [6, 6.07) is 8.46. The van der Waals surface area contributed by atoms with Gasteiger partial charge >= 0.3 is 0 Å². The van der Waals surface area contributed by atoms with Gasteiger partial charge in [0.15, 0.2) is 0 Å². The molecule has 0 radical (unpaired) electrons. The Hall–Kier alpha value is -2.41. The Bertz CT molecular complexity index is 1190. The standard InChI is InChI=1S/C23H28N4O3S2/c1-14-5-7-18(32(25,29)30)11-20(14)26-21(28)13-31-22-16(12-24)9-15-10-17(23(2,3)4)6-8-19(15)27-22/h5,7,9,11,17H,6,8,10,13H2,1-4H3,(H,26,28)(H2,25,29,30). The molecule has 3 N–H and O–H groups in total. The van der Waals surface area contributed by atoms with E-state index in [0.717, 1.165) is 30.5 Å². The molecule has 1 aromatic heterocycles. The zero-order valence-electron chi connectivity index (χ0n) is 18.7. The van der Waals surface area contributed by atoms with Crippen molar-refractivity contribution < 1.29 is 13.2 Å². The predicted molar refractivity (Wildman–Crippen MR) is 126 cm³/mol. The van der Waals surface area contributed by atoms with Crippen LogP contribution < -0.4 is 10.5 Å². The molecule has 9 heteroatoms. The van der Waals surface area contributed by atoms with E-state index in [4.69, 9.17) is 10.1 Å². The van der Waals surface area contributed by atoms with Gasteiger partial charge in [-0.1, -0.05) is 38.6 Å². The van der Waals surface area contributed by atoms with Crippen LogP contribution in [0.5, 0.6) is 0 Å². The lowest BCUT2D eigenvalue weighted by Gasteiger charge is -2.34. The number of pyridine rings is 1. The Morgan fingerprint density at radius 3 is 2.69 bits per heavy atom. The maximum atomic E-state index is 12.5. The van der Waals surface area contributed by atoms with Crippen LogP contribution >= 0.6 is 11.8 Å². The number of primary sulfonamides is 1. The van der Waals surface area contributed by atoms with E-state index >= 15 is 0 Å². The van der Waals surface area contributed by atoms with Gasteiger partial charge in [-0.05, 0) is 66.8 Å². The van der Waals surface area contributed by atoms with Gasteiger partial charge in [0, 0.05) is 11.4 Å². The maximum absolute atomic E-state index is 12.5. The monoisotopic (exact) mass is 472 g/mol. The van der Waals surface area contributed by atoms with E-state index in [1.165, 1.54) is 23.9 Å². The van der Waals surface area contributed by atoms with Gasteiger partial charge in [0.1, 0.15) is 11.1 Å². The molecule has 1 amide bonds. The number of aromatic nitrogens is 1. The van der Waals surface area contributed by atoms with Crippen LogP contribution in [0.3, 0.4) is 0 Å². The van der Waals surface area contributed by atoms with E-state index in [-0.39, 0.29) is 22.0 Å². The fraction of sp³-hybridized carbons (Fsp3) is 0.435. The van der Waals surface area contributed by atoms with Gasteiger partial charge in [-0.15, -0.1) is 0 Å². The minimum absolute atomic E-state index is 0.0458. The molecule has 32 heavy (non-hydrogen) atoms. The van der Waals surface area contributed by atoms with Crippen molar-refractivity contribution in [2.24, 2.45) is 16.5 Å². The number of sulfonamides is 1. The van der Waals surface area contributed by atoms with Crippen molar-refractivity contribution >= 4 is 33.4 Å². The van der Waals surface area contributed by atoms with Gasteiger partial charge in [0.2, 0.25) is 15.9 Å². The minimum Gasteiger partial charge on any atom is -0.325 e. The molecule has 0 bridgehead atoms. The second kappa shape index (κ2) is 9.22. The van der Waals surface area contributed by atoms with Gasteiger partial charge in [0.05, 0.1) is 16.2 Å². The molecule has 2 aromatic rings. The molecular formula is C23H28N4O3S2. The molecule has 1 unspecified atom stereocenters. The highest BCUT2D eigenvalue weighted by Gasteiger charge is 2.30. The summed E-state index contributed by atoms with van der Waals surface area (Å²) in [5.41, 5.74) is 3.90. The number of hydrogen-bond acceptors (Lipinski definition) is 6. The van der Waals surface area contributed by atoms with E-state index in [2.05, 4.69) is 32.2 Å². The minimum atomic E-state index is -3.87. The lowest BCUT2D eigenvalue weighted by Crippen LogP contribution is -2.27. The molecule has 3 rings (SSSR count). The maximum Gasteiger partial charge on any atom is 0.238 e. The number of nitrogens with zero attached hydrogens (tertiary/aromatic N) is 2. The van der Waals surface area contributed by atoms with Crippen molar-refractivity contribution in [1.29, 1.82) is 5.26 Å². The number of amides is 1. The summed E-state index contributed by atoms with van der Waals surface area (Å²) in [6.07, 6.45) is 2.83. The molecule has 1 aromatic carbocycles. The molecule has 1 aliphatic rings. The number of fused-ring (bicyclic) bond motifs is 1. The fourth-order valence-electron chi connectivity index (χ4n) is 3.81. The largest absolute Gasteiger partial charge is 0.325 e. The normalized spacial score (nSPS) is 16.2. The molecule has 1 aliphatic carbocycles. The first-order chi connectivity index (χ1) is 14.9. The topological polar surface area (TPSA) is 126 Å². The van der Waals surface area contributed by atoms with Crippen LogP contribution in [0.1, 0.15) is 49.6 Å². The number of carbonyl (C=O) groups excluding carboxylic acids is 1. The SMILES string of the molecule is Cc1ccc(S(N)(=O)=O)cc1NC(=O)CSc1nc2c(cc1C#N)CC(C(C)(C)C)CC2. The van der Waals surface area contributed by atoms with Crippen LogP contribution in [-0.2, 0) is 27.7 Å². The average molecular weight is 473 g/mol. The Kier molecular flexibility index (Phi) is 6.98. The Labute approximate surface area is 193 Å². The molecular weight excluding hydrogens is 444 g/mol. The smallest absolute Gasteiger partial charge is 0.238 e. The van der Waals surface area contributed by atoms with Crippen LogP contribution in [0.15, 0.2) is 34.2 Å². The number of nitrogens with one attached hydrogen (secondary N) is 1. The first-order valence-electron chi connectivity index (χ1n) is 10.4. The molecule has 0 spiro atoms. The summed E-state index contributed by atoms with van der Waals surface area (Å²) in [5.74, 6) is 0.272. The van der Waals surface area contributed by atoms with Crippen molar-refractivity contribution in [1.82, 2.24) is 4.98 Å². The third-order valence-corrected chi connectivity index (χ3v) is 7.75. The van der Waals surface area contributed by atoms with Crippen molar-refractivity contribution in [3.63, 3.8) is 0 Å². The summed E-state index contributed by atoms with van der Waals surface area (Å²) in [5, 5.41) is 18.1. The second-order valence-corrected chi connectivity index (χ2v) is 11.7. The highest BCUT2D eigenvalue weighted by atomic mass is 32.2. The highest BCUT2D eigenvalue weighted by molar-refractivity contribution is 8.00. The van der Waals surface area contributed by atoms with Gasteiger partial charge < -0.3 is 5.32 Å². The lowest BCUT2D eigenvalue weighted by molar-refractivity contribution is -0.113. The highest BCUT2D eigenvalue weighted by Crippen LogP contribution is 2.38. The summed E-state index contributed by atoms with van der Waals surface area (Å²) in [6.45, 7) is 8.48. The number of nitrogens with two attached hydrogens (primary N) is 1. The molecule has 0 fully saturated rings. The van der Waals surface area contributed by atoms with E-state index in [0.29, 0.717) is 27.8 Å². The van der Waals surface area contributed by atoms with E-state index < -0.39 is 10.0 Å². The number of nitriles is 1. The Balaban J connectivity index is 1.73. The fourth-order valence-corrected chi connectivity index (χ4v) is 5.12. The number of anilines is 1. The number of rotatable bonds is 5. The van der Waals surface area contributed by atoms with E-state index in [1.54, 1.807) is 13.0 Å². The summed E-state index contributed by atoms with van der Waals surface area (Å²) in [4.78, 5) is 17.2. The van der Waals surface area contributed by atoms with Gasteiger partial charge in [-0.2, -0.15) is 5.26 Å². The van der Waals surface area contributed by atoms with Crippen LogP contribution in [0.25, 0.3) is 0 Å². The number of carbonyl (C=O) groups is 1. The van der Waals surface area contributed by atoms with Crippen molar-refractivity contribution in [3.8, 4) is 6.07 Å². The van der Waals surface area contributed by atoms with Gasteiger partial charge in [0.25, 0.3) is 0 Å². The summed E-state index contributed by atoms with van der Waals surface area (Å²) in [7, 11) is -3.87. The molecule has 0 saturated heterocycles. The molecule has 0 saturated carbocycles. The van der Waals surface area contributed by atoms with Crippen molar-refractivity contribution in [3.05, 3.63) is 46.6 Å². The Morgan fingerprint density at radius 2 is 2.06 bits per heavy atom. The lowest BCUT2D eigenvalue weighted by atomic mass is 9.71. The molecule has 7 nitrogen and oxygen atoms in total. The van der Waals surface area contributed by atoms with Crippen molar-refractivity contribution in [2.45, 2.75) is 56.9 Å². The third kappa shape index (κ3) is 5.68. The molecule has 1 heterocycles. The quantitative estimate of drug-likeness (QED) is 0.638. The molecule has 0 aliphatic heterocycles. The Morgan fingerprint density at radius 1 is 1.34 bits per heavy atom. The summed E-state index contributed by atoms with van der Waals surface area (Å²) >= 11 is 1.21. The van der Waals surface area contributed by atoms with E-state index in [1.807, 2.05) is 6.07 Å². The summed E-state index contributed by atoms with van der Waals surface area (Å²) < 4.78 is 23.2. The molecule has 170 valence electrons. The van der Waals surface area contributed by atoms with Crippen LogP contribution in [-0.4, -0.2) is 25.1 Å². The van der Waals surface area contributed by atoms with E-state index in [9.17, 15) is 18.5 Å². The zero-order chi connectivity index (χ0) is 23.7. The van der Waals surface area contributed by atoms with Crippen molar-refractivity contribution in [2.75, 3.05) is 11.1 Å². The van der Waals surface area contributed by atoms with Gasteiger partial charge in [-0.25, -0.2) is 18.5 Å². The second-order valence-electron chi connectivity index (χ2n) is 9.22. The zero-order valence-corrected chi connectivity index (χ0v) is 20.4. The molecule has 1 atom stereocenters. The van der Waals surface area contributed by atoms with Crippen LogP contribution in [0.4, 0.5) is 5.69 Å². The average Bonchev–Trinajstić information content (AvgIpc) is 2.71. The number of aryl methyl sites for hydroxylation is 2. The van der Waals surface area contributed by atoms with Gasteiger partial charge in [-0.3, -0.25) is 4.79 Å². The first kappa shape index (κ1) is 24.2. The number of thioether (sulfide) groups is 1.